The maximum Gasteiger partial charge on any atom is 0.308 e. The van der Waals surface area contributed by atoms with Crippen LogP contribution in [0.15, 0.2) is 11.1 Å². The lowest BCUT2D eigenvalue weighted by molar-refractivity contribution is -0.146. The zero-order valence-electron chi connectivity index (χ0n) is 11.0. The van der Waals surface area contributed by atoms with Crippen molar-refractivity contribution < 1.29 is 14.3 Å². The molecule has 20 heavy (non-hydrogen) atoms. The highest BCUT2D eigenvalue weighted by Crippen LogP contribution is 2.33. The minimum atomic E-state index is -0.271. The summed E-state index contributed by atoms with van der Waals surface area (Å²) < 4.78 is 10.6. The molecular weight excluding hydrogens is 280 g/mol. The lowest BCUT2D eigenvalue weighted by Gasteiger charge is -2.22. The zero-order valence-corrected chi connectivity index (χ0v) is 11.8. The van der Waals surface area contributed by atoms with Crippen LogP contribution in [0.3, 0.4) is 0 Å². The number of hydrogen-bond donors (Lipinski definition) is 1. The maximum atomic E-state index is 11.9. The second-order valence-electron chi connectivity index (χ2n) is 4.56. The van der Waals surface area contributed by atoms with Gasteiger partial charge in [-0.15, -0.1) is 11.3 Å². The van der Waals surface area contributed by atoms with Gasteiger partial charge < -0.3 is 14.5 Å². The number of rotatable bonds is 3. The lowest BCUT2D eigenvalue weighted by Crippen LogP contribution is -2.26. The van der Waals surface area contributed by atoms with Gasteiger partial charge in [-0.1, -0.05) is 0 Å². The van der Waals surface area contributed by atoms with Crippen molar-refractivity contribution in [2.45, 2.75) is 32.5 Å². The highest BCUT2D eigenvalue weighted by Gasteiger charge is 2.27. The van der Waals surface area contributed by atoms with E-state index in [-0.39, 0.29) is 24.1 Å². The number of carbonyl (C=O) groups is 1. The van der Waals surface area contributed by atoms with Gasteiger partial charge in [-0.05, 0) is 12.5 Å². The van der Waals surface area contributed by atoms with Gasteiger partial charge in [0.15, 0.2) is 0 Å². The summed E-state index contributed by atoms with van der Waals surface area (Å²) in [4.78, 5) is 31.9. The van der Waals surface area contributed by atoms with E-state index in [1.807, 2.05) is 0 Å². The third kappa shape index (κ3) is 2.34. The zero-order chi connectivity index (χ0) is 14.1. The smallest absolute Gasteiger partial charge is 0.308 e. The monoisotopic (exact) mass is 294 g/mol. The van der Waals surface area contributed by atoms with Gasteiger partial charge in [-0.2, -0.15) is 0 Å². The van der Waals surface area contributed by atoms with Crippen molar-refractivity contribution in [2.24, 2.45) is 0 Å². The number of fused-ring (bicyclic) bond motifs is 3. The van der Waals surface area contributed by atoms with E-state index in [4.69, 9.17) is 9.47 Å². The molecular formula is C13H14N2O4S. The average Bonchev–Trinajstić information content (AvgIpc) is 2.78. The third-order valence-corrected chi connectivity index (χ3v) is 4.37. The van der Waals surface area contributed by atoms with Crippen LogP contribution >= 0.6 is 11.3 Å². The summed E-state index contributed by atoms with van der Waals surface area (Å²) in [5.74, 6) is -0.271. The van der Waals surface area contributed by atoms with Gasteiger partial charge in [-0.3, -0.25) is 9.59 Å². The van der Waals surface area contributed by atoms with E-state index < -0.39 is 0 Å². The Bertz CT molecular complexity index is 706. The number of nitrogens with zero attached hydrogens (tertiary/aromatic N) is 1. The molecule has 0 bridgehead atoms. The van der Waals surface area contributed by atoms with Crippen LogP contribution in [0.25, 0.3) is 10.2 Å². The van der Waals surface area contributed by atoms with Gasteiger partial charge >= 0.3 is 5.97 Å². The van der Waals surface area contributed by atoms with Gasteiger partial charge in [-0.25, -0.2) is 4.98 Å². The van der Waals surface area contributed by atoms with Gasteiger partial charge in [0.25, 0.3) is 5.56 Å². The number of ether oxygens (including phenoxy) is 2. The Morgan fingerprint density at radius 2 is 2.50 bits per heavy atom. The molecule has 0 saturated heterocycles. The van der Waals surface area contributed by atoms with Crippen LogP contribution in [-0.2, 0) is 27.3 Å². The number of thiophene rings is 1. The van der Waals surface area contributed by atoms with Crippen molar-refractivity contribution in [3.05, 3.63) is 27.1 Å². The number of aromatic nitrogens is 2. The molecule has 1 unspecified atom stereocenters. The summed E-state index contributed by atoms with van der Waals surface area (Å²) in [5.41, 5.74) is 0.823. The van der Waals surface area contributed by atoms with Crippen LogP contribution in [0, 0.1) is 0 Å². The van der Waals surface area contributed by atoms with Crippen molar-refractivity contribution >= 4 is 27.5 Å². The van der Waals surface area contributed by atoms with Crippen LogP contribution in [0.1, 0.15) is 23.8 Å². The normalized spacial score (nSPS) is 17.9. The fraction of sp³-hybridized carbons (Fsp3) is 0.462. The molecule has 0 spiro atoms. The average molecular weight is 294 g/mol. The fourth-order valence-electron chi connectivity index (χ4n) is 2.39. The molecule has 0 aliphatic carbocycles. The summed E-state index contributed by atoms with van der Waals surface area (Å²) >= 11 is 1.47. The van der Waals surface area contributed by atoms with Crippen LogP contribution in [0.4, 0.5) is 0 Å². The first-order valence-corrected chi connectivity index (χ1v) is 7.25. The molecule has 106 valence electrons. The number of hydrogen-bond acceptors (Lipinski definition) is 6. The van der Waals surface area contributed by atoms with E-state index in [1.165, 1.54) is 17.7 Å². The fourth-order valence-corrected chi connectivity index (χ4v) is 3.49. The number of nitrogens with one attached hydrogen (secondary N) is 1. The summed E-state index contributed by atoms with van der Waals surface area (Å²) in [5, 5.41) is 0.629. The van der Waals surface area contributed by atoms with Crippen LogP contribution in [0.2, 0.25) is 0 Å². The van der Waals surface area contributed by atoms with E-state index in [1.54, 1.807) is 6.92 Å². The number of carbonyl (C=O) groups excluding carboxylic acids is 1. The lowest BCUT2D eigenvalue weighted by atomic mass is 10.0. The molecule has 0 fully saturated rings. The molecule has 2 aromatic rings. The van der Waals surface area contributed by atoms with Crippen molar-refractivity contribution in [1.29, 1.82) is 0 Å². The Morgan fingerprint density at radius 3 is 3.30 bits per heavy atom. The summed E-state index contributed by atoms with van der Waals surface area (Å²) in [6.07, 6.45) is 1.92. The van der Waals surface area contributed by atoms with Gasteiger partial charge in [0.05, 0.1) is 37.5 Å². The van der Waals surface area contributed by atoms with Crippen molar-refractivity contribution in [3.8, 4) is 0 Å². The molecule has 3 rings (SSSR count). The van der Waals surface area contributed by atoms with E-state index in [0.29, 0.717) is 25.0 Å². The highest BCUT2D eigenvalue weighted by atomic mass is 32.1. The molecule has 0 radical (unpaired) electrons. The van der Waals surface area contributed by atoms with E-state index in [0.717, 1.165) is 15.3 Å². The molecule has 0 aromatic carbocycles. The molecule has 7 heteroatoms. The van der Waals surface area contributed by atoms with E-state index in [9.17, 15) is 9.59 Å². The number of H-pyrrole nitrogens is 1. The molecule has 2 aromatic heterocycles. The molecule has 0 saturated carbocycles. The molecule has 1 aliphatic heterocycles. The van der Waals surface area contributed by atoms with Gasteiger partial charge in [0, 0.05) is 11.3 Å². The second-order valence-corrected chi connectivity index (χ2v) is 5.65. The minimum absolute atomic E-state index is 0.135. The minimum Gasteiger partial charge on any atom is -0.466 e. The standard InChI is InChI=1S/C13H14N2O4S/c1-2-18-10(16)4-7-3-8-9(5-19-7)20-13-11(8)12(17)14-6-15-13/h6-7H,2-5H2,1H3,(H,14,15,17). The SMILES string of the molecule is CCOC(=O)CC1Cc2c(sc3nc[nH]c(=O)c23)CO1. The van der Waals surface area contributed by atoms with Gasteiger partial charge in [0.1, 0.15) is 4.83 Å². The van der Waals surface area contributed by atoms with Crippen molar-refractivity contribution in [2.75, 3.05) is 6.61 Å². The first-order chi connectivity index (χ1) is 9.69. The molecule has 1 N–H and O–H groups in total. The quantitative estimate of drug-likeness (QED) is 0.865. The summed E-state index contributed by atoms with van der Waals surface area (Å²) in [6, 6.07) is 0. The maximum absolute atomic E-state index is 11.9. The number of esters is 1. The molecule has 6 nitrogen and oxygen atoms in total. The summed E-state index contributed by atoms with van der Waals surface area (Å²) in [6.45, 7) is 2.55. The Kier molecular flexibility index (Phi) is 3.54. The molecule has 1 aliphatic rings. The highest BCUT2D eigenvalue weighted by molar-refractivity contribution is 7.18. The second kappa shape index (κ2) is 5.34. The first kappa shape index (κ1) is 13.3. The van der Waals surface area contributed by atoms with E-state index >= 15 is 0 Å². The number of aromatic amines is 1. The molecule has 1 atom stereocenters. The molecule has 0 amide bonds. The summed E-state index contributed by atoms with van der Waals surface area (Å²) in [7, 11) is 0. The predicted molar refractivity (Wildman–Crippen MR) is 73.8 cm³/mol. The Hall–Kier alpha value is -1.73. The van der Waals surface area contributed by atoms with Crippen LogP contribution in [-0.4, -0.2) is 28.6 Å². The van der Waals surface area contributed by atoms with Crippen molar-refractivity contribution in [1.82, 2.24) is 9.97 Å². The Balaban J connectivity index is 1.89. The van der Waals surface area contributed by atoms with E-state index in [2.05, 4.69) is 9.97 Å². The Labute approximate surface area is 118 Å². The molecule has 3 heterocycles. The third-order valence-electron chi connectivity index (χ3n) is 3.26. The van der Waals surface area contributed by atoms with Crippen LogP contribution in [0.5, 0.6) is 0 Å². The predicted octanol–water partition coefficient (Wildman–Crippen LogP) is 1.38. The largest absolute Gasteiger partial charge is 0.466 e. The topological polar surface area (TPSA) is 81.3 Å². The van der Waals surface area contributed by atoms with Crippen LogP contribution < -0.4 is 5.56 Å². The Morgan fingerprint density at radius 1 is 1.65 bits per heavy atom. The van der Waals surface area contributed by atoms with Crippen molar-refractivity contribution in [3.63, 3.8) is 0 Å². The first-order valence-electron chi connectivity index (χ1n) is 6.44. The van der Waals surface area contributed by atoms with Gasteiger partial charge in [0.2, 0.25) is 0 Å².